The van der Waals surface area contributed by atoms with E-state index in [0.717, 1.165) is 82.8 Å². The molecule has 0 heterocycles. The van der Waals surface area contributed by atoms with E-state index in [-0.39, 0.29) is 23.1 Å². The minimum absolute atomic E-state index is 0.0261. The lowest BCUT2D eigenvalue weighted by Gasteiger charge is -2.36. The van der Waals surface area contributed by atoms with Gasteiger partial charge in [-0.05, 0) is 124 Å². The number of phenolic OH excluding ortho intramolecular Hbond substituents is 1. The maximum absolute atomic E-state index is 14.9. The van der Waals surface area contributed by atoms with Gasteiger partial charge >= 0.3 is 0 Å². The van der Waals surface area contributed by atoms with Gasteiger partial charge in [-0.3, -0.25) is 0 Å². The molecule has 42 heavy (non-hydrogen) atoms. The molecule has 2 atom stereocenters. The quantitative estimate of drug-likeness (QED) is 0.287. The van der Waals surface area contributed by atoms with Crippen LogP contribution in [0, 0.1) is 41.0 Å². The molecule has 3 aliphatic rings. The number of rotatable bonds is 9. The van der Waals surface area contributed by atoms with Gasteiger partial charge in [0, 0.05) is 17.7 Å². The molecule has 2 aromatic carbocycles. The van der Waals surface area contributed by atoms with E-state index in [4.69, 9.17) is 4.74 Å². The van der Waals surface area contributed by atoms with E-state index < -0.39 is 35.1 Å². The lowest BCUT2D eigenvalue weighted by atomic mass is 9.71. The van der Waals surface area contributed by atoms with Gasteiger partial charge in [0.2, 0.25) is 5.82 Å². The number of aliphatic hydroxyl groups is 1. The molecule has 3 nitrogen and oxygen atoms in total. The highest BCUT2D eigenvalue weighted by atomic mass is 19.2. The Bertz CT molecular complexity index is 1250. The molecule has 0 aliphatic heterocycles. The van der Waals surface area contributed by atoms with E-state index in [1.54, 1.807) is 12.1 Å². The minimum atomic E-state index is -1.18. The van der Waals surface area contributed by atoms with Crippen molar-refractivity contribution in [1.82, 2.24) is 0 Å². The molecule has 2 saturated carbocycles. The minimum Gasteiger partial charge on any atom is -0.505 e. The summed E-state index contributed by atoms with van der Waals surface area (Å²) in [5.41, 5.74) is 1.56. The summed E-state index contributed by atoms with van der Waals surface area (Å²) in [5, 5.41) is 19.5. The van der Waals surface area contributed by atoms with Gasteiger partial charge in [-0.1, -0.05) is 31.6 Å². The van der Waals surface area contributed by atoms with Crippen LogP contribution < -0.4 is 0 Å². The molecule has 7 heteroatoms. The predicted molar refractivity (Wildman–Crippen MR) is 156 cm³/mol. The smallest absolute Gasteiger partial charge is 0.200 e. The van der Waals surface area contributed by atoms with Crippen molar-refractivity contribution in [2.45, 2.75) is 109 Å². The maximum atomic E-state index is 14.9. The molecule has 0 spiro atoms. The van der Waals surface area contributed by atoms with Crippen LogP contribution in [-0.2, 0) is 4.74 Å². The van der Waals surface area contributed by atoms with Gasteiger partial charge < -0.3 is 14.9 Å². The molecule has 0 saturated heterocycles. The molecule has 0 bridgehead atoms. The zero-order chi connectivity index (χ0) is 29.8. The summed E-state index contributed by atoms with van der Waals surface area (Å²) in [4.78, 5) is 0. The van der Waals surface area contributed by atoms with Crippen molar-refractivity contribution >= 4 is 5.57 Å². The Morgan fingerprint density at radius 1 is 0.810 bits per heavy atom. The number of hydrogen-bond donors (Lipinski definition) is 2. The average Bonchev–Trinajstić information content (AvgIpc) is 3.01. The molecule has 230 valence electrons. The zero-order valence-electron chi connectivity index (χ0n) is 24.6. The maximum Gasteiger partial charge on any atom is 0.200 e. The summed E-state index contributed by atoms with van der Waals surface area (Å²) < 4.78 is 64.0. The number of benzene rings is 2. The number of ether oxygens (including phenoxy) is 1. The van der Waals surface area contributed by atoms with Gasteiger partial charge in [0.25, 0.3) is 0 Å². The second kappa shape index (κ2) is 13.9. The largest absolute Gasteiger partial charge is 0.505 e. The summed E-state index contributed by atoms with van der Waals surface area (Å²) in [6.45, 7) is 2.65. The van der Waals surface area contributed by atoms with Gasteiger partial charge in [0.15, 0.2) is 23.2 Å². The fraction of sp³-hybridized carbons (Fsp3) is 0.600. The first-order chi connectivity index (χ1) is 20.3. The van der Waals surface area contributed by atoms with E-state index in [0.29, 0.717) is 36.2 Å². The van der Waals surface area contributed by atoms with Crippen LogP contribution in [0.3, 0.4) is 0 Å². The van der Waals surface area contributed by atoms with Crippen molar-refractivity contribution in [1.29, 1.82) is 0 Å². The first kappa shape index (κ1) is 31.1. The molecule has 0 amide bonds. The lowest BCUT2D eigenvalue weighted by Crippen LogP contribution is -2.28. The fourth-order valence-electron chi connectivity index (χ4n) is 7.53. The van der Waals surface area contributed by atoms with Crippen LogP contribution in [0.25, 0.3) is 5.57 Å². The third-order valence-electron chi connectivity index (χ3n) is 10.2. The first-order valence-electron chi connectivity index (χ1n) is 15.9. The topological polar surface area (TPSA) is 49.7 Å². The summed E-state index contributed by atoms with van der Waals surface area (Å²) >= 11 is 0. The second-order valence-corrected chi connectivity index (χ2v) is 12.8. The predicted octanol–water partition coefficient (Wildman–Crippen LogP) is 9.51. The Hall–Kier alpha value is -2.38. The van der Waals surface area contributed by atoms with Crippen molar-refractivity contribution in [3.63, 3.8) is 0 Å². The molecule has 5 rings (SSSR count). The van der Waals surface area contributed by atoms with Crippen LogP contribution >= 0.6 is 0 Å². The Labute approximate surface area is 247 Å². The fourth-order valence-corrected chi connectivity index (χ4v) is 7.53. The summed E-state index contributed by atoms with van der Waals surface area (Å²) in [6.07, 6.45) is 12.7. The molecule has 3 aliphatic carbocycles. The first-order valence-corrected chi connectivity index (χ1v) is 15.9. The van der Waals surface area contributed by atoms with Gasteiger partial charge in [-0.15, -0.1) is 0 Å². The van der Waals surface area contributed by atoms with E-state index in [2.05, 4.69) is 6.08 Å². The molecular weight excluding hydrogens is 544 g/mol. The van der Waals surface area contributed by atoms with Gasteiger partial charge in [-0.2, -0.15) is 4.39 Å². The highest BCUT2D eigenvalue weighted by Gasteiger charge is 2.31. The van der Waals surface area contributed by atoms with E-state index >= 15 is 0 Å². The van der Waals surface area contributed by atoms with Crippen molar-refractivity contribution < 1.29 is 32.5 Å². The molecule has 0 aromatic heterocycles. The lowest BCUT2D eigenvalue weighted by molar-refractivity contribution is -0.00689. The highest BCUT2D eigenvalue weighted by Crippen LogP contribution is 2.43. The molecule has 2 fully saturated rings. The third-order valence-corrected chi connectivity index (χ3v) is 10.2. The summed E-state index contributed by atoms with van der Waals surface area (Å²) in [7, 11) is 0. The Balaban J connectivity index is 1.04. The second-order valence-electron chi connectivity index (χ2n) is 12.8. The Morgan fingerprint density at radius 3 is 2.21 bits per heavy atom. The van der Waals surface area contributed by atoms with Crippen LogP contribution in [-0.4, -0.2) is 22.9 Å². The van der Waals surface area contributed by atoms with Gasteiger partial charge in [0.1, 0.15) is 0 Å². The van der Waals surface area contributed by atoms with E-state index in [1.165, 1.54) is 12.1 Å². The number of allylic oxidation sites excluding steroid dienone is 2. The number of phenols is 1. The van der Waals surface area contributed by atoms with Crippen LogP contribution in [0.1, 0.15) is 119 Å². The van der Waals surface area contributed by atoms with Crippen LogP contribution in [0.5, 0.6) is 5.75 Å². The molecule has 2 N–H and O–H groups in total. The number of aliphatic hydroxyl groups excluding tert-OH is 1. The average molecular weight is 589 g/mol. The van der Waals surface area contributed by atoms with Crippen molar-refractivity contribution in [2.75, 3.05) is 6.61 Å². The van der Waals surface area contributed by atoms with Crippen LogP contribution in [0.15, 0.2) is 30.3 Å². The SMILES string of the molecule is CCCC(O)c1ccc(C2CCC(OCC3CCC(C4CC=C(c5ccc(O)c(F)c5F)CC4)CC3)CC2)c(F)c1F. The van der Waals surface area contributed by atoms with Crippen LogP contribution in [0.2, 0.25) is 0 Å². The number of halogens is 4. The monoisotopic (exact) mass is 588 g/mol. The summed E-state index contributed by atoms with van der Waals surface area (Å²) in [5.74, 6) is -2.81. The molecule has 0 radical (unpaired) electrons. The highest BCUT2D eigenvalue weighted by molar-refractivity contribution is 5.67. The van der Waals surface area contributed by atoms with Crippen LogP contribution in [0.4, 0.5) is 17.6 Å². The van der Waals surface area contributed by atoms with Gasteiger partial charge in [0.05, 0.1) is 12.2 Å². The molecular formula is C35H44F4O3. The Morgan fingerprint density at radius 2 is 1.55 bits per heavy atom. The summed E-state index contributed by atoms with van der Waals surface area (Å²) in [6, 6.07) is 5.89. The third kappa shape index (κ3) is 6.88. The molecule has 2 aromatic rings. The number of aromatic hydroxyl groups is 1. The van der Waals surface area contributed by atoms with Crippen molar-refractivity contribution in [3.8, 4) is 5.75 Å². The normalized spacial score (nSPS) is 27.5. The Kier molecular flexibility index (Phi) is 10.3. The van der Waals surface area contributed by atoms with Gasteiger partial charge in [-0.25, -0.2) is 13.2 Å². The standard InChI is InChI=1S/C35H44F4O3/c1-2-3-30(40)29-17-16-27(32(36)34(29)38)25-12-14-26(15-13-25)42-20-21-4-6-22(7-5-21)23-8-10-24(11-9-23)28-18-19-31(41)35(39)33(28)37/h10,16-19,21-23,25-26,30,40-41H,2-9,11-15,20H2,1H3. The van der Waals surface area contributed by atoms with Crippen molar-refractivity contribution in [3.05, 3.63) is 70.3 Å². The van der Waals surface area contributed by atoms with E-state index in [9.17, 15) is 27.8 Å². The van der Waals surface area contributed by atoms with E-state index in [1.807, 2.05) is 6.92 Å². The number of hydrogen-bond acceptors (Lipinski definition) is 3. The van der Waals surface area contributed by atoms with Crippen molar-refractivity contribution in [2.24, 2.45) is 17.8 Å². The molecule has 2 unspecified atom stereocenters. The zero-order valence-corrected chi connectivity index (χ0v) is 24.6.